The maximum Gasteiger partial charge on any atom is 0.265 e. The van der Waals surface area contributed by atoms with Crippen molar-refractivity contribution in [2.24, 2.45) is 0 Å². The normalized spacial score (nSPS) is 21.6. The van der Waals surface area contributed by atoms with Crippen LogP contribution in [0.5, 0.6) is 0 Å². The van der Waals surface area contributed by atoms with E-state index in [4.69, 9.17) is 31.0 Å². The second kappa shape index (κ2) is 9.03. The number of ether oxygens (including phenoxy) is 2. The van der Waals surface area contributed by atoms with Crippen molar-refractivity contribution in [2.45, 2.75) is 51.4 Å². The van der Waals surface area contributed by atoms with Crippen LogP contribution in [0.4, 0.5) is 4.39 Å². The molecule has 0 bridgehead atoms. The van der Waals surface area contributed by atoms with Gasteiger partial charge in [-0.15, -0.1) is 0 Å². The minimum absolute atomic E-state index is 0.0386. The van der Waals surface area contributed by atoms with E-state index in [2.05, 4.69) is 4.98 Å². The molecule has 184 valence electrons. The standard InChI is InChI=1S/C27H24ClFN4O3/c1-14-9-17(5-7-30-14)23-10-16(6-8-35-23)21-12-24-31-22-13-36-15(2)25(22)27(34)33(24)26(32-21)19-4-3-18(28)11-20(19)29/h3-5,7,9,11-12,15-16,23H,6,8,10,13H2,1-2H3. The van der Waals surface area contributed by atoms with Gasteiger partial charge in [-0.25, -0.2) is 18.8 Å². The predicted molar refractivity (Wildman–Crippen MR) is 133 cm³/mol. The number of benzene rings is 1. The Hall–Kier alpha value is -3.20. The van der Waals surface area contributed by atoms with Crippen molar-refractivity contribution >= 4 is 17.2 Å². The van der Waals surface area contributed by atoms with Gasteiger partial charge in [0, 0.05) is 41.2 Å². The molecule has 2 aliphatic rings. The van der Waals surface area contributed by atoms with Gasteiger partial charge in [0.25, 0.3) is 5.56 Å². The number of hydrogen-bond donors (Lipinski definition) is 0. The van der Waals surface area contributed by atoms with Gasteiger partial charge >= 0.3 is 0 Å². The fourth-order valence-corrected chi connectivity index (χ4v) is 5.33. The predicted octanol–water partition coefficient (Wildman–Crippen LogP) is 5.48. The molecular weight excluding hydrogens is 483 g/mol. The number of aromatic nitrogens is 4. The van der Waals surface area contributed by atoms with Gasteiger partial charge in [0.1, 0.15) is 11.5 Å². The van der Waals surface area contributed by atoms with Crippen LogP contribution in [0, 0.1) is 12.7 Å². The van der Waals surface area contributed by atoms with E-state index in [0.29, 0.717) is 29.9 Å². The summed E-state index contributed by atoms with van der Waals surface area (Å²) < 4.78 is 28.3. The molecule has 9 heteroatoms. The minimum atomic E-state index is -0.553. The van der Waals surface area contributed by atoms with Gasteiger partial charge in [-0.2, -0.15) is 0 Å². The van der Waals surface area contributed by atoms with E-state index >= 15 is 4.39 Å². The first-order valence-electron chi connectivity index (χ1n) is 12.0. The summed E-state index contributed by atoms with van der Waals surface area (Å²) in [6, 6.07) is 10.2. The Labute approximate surface area is 211 Å². The molecule has 0 N–H and O–H groups in total. The van der Waals surface area contributed by atoms with Crippen LogP contribution in [0.3, 0.4) is 0 Å². The molecule has 36 heavy (non-hydrogen) atoms. The number of halogens is 2. The van der Waals surface area contributed by atoms with Crippen LogP contribution in [0.2, 0.25) is 5.02 Å². The molecular formula is C27H24ClFN4O3. The fourth-order valence-electron chi connectivity index (χ4n) is 5.17. The highest BCUT2D eigenvalue weighted by molar-refractivity contribution is 6.30. The van der Waals surface area contributed by atoms with E-state index in [1.807, 2.05) is 32.0 Å². The highest BCUT2D eigenvalue weighted by Gasteiger charge is 2.30. The summed E-state index contributed by atoms with van der Waals surface area (Å²) >= 11 is 6.01. The Morgan fingerprint density at radius 3 is 2.81 bits per heavy atom. The lowest BCUT2D eigenvalue weighted by Crippen LogP contribution is -2.25. The monoisotopic (exact) mass is 506 g/mol. The molecule has 0 saturated carbocycles. The molecule has 0 radical (unpaired) electrons. The first kappa shape index (κ1) is 23.2. The molecule has 0 aliphatic carbocycles. The topological polar surface area (TPSA) is 78.6 Å². The lowest BCUT2D eigenvalue weighted by molar-refractivity contribution is 0.00457. The van der Waals surface area contributed by atoms with Crippen LogP contribution in [0.1, 0.15) is 66.1 Å². The Balaban J connectivity index is 1.52. The van der Waals surface area contributed by atoms with Crippen LogP contribution in [-0.2, 0) is 16.1 Å². The average molecular weight is 507 g/mol. The molecule has 2 aliphatic heterocycles. The Bertz CT molecular complexity index is 1560. The molecule has 3 aromatic heterocycles. The number of aryl methyl sites for hydroxylation is 1. The SMILES string of the molecule is Cc1cc(C2CC(c3cc4nc5c(c(=O)n4c(-c4ccc(Cl)cc4F)n3)C(C)OC5)CCO2)ccn1. The molecule has 3 atom stereocenters. The Kier molecular flexibility index (Phi) is 5.82. The molecule has 3 unspecified atom stereocenters. The summed E-state index contributed by atoms with van der Waals surface area (Å²) in [5.41, 5.74) is 4.16. The van der Waals surface area contributed by atoms with Crippen molar-refractivity contribution in [3.63, 3.8) is 0 Å². The third kappa shape index (κ3) is 3.99. The van der Waals surface area contributed by atoms with Gasteiger partial charge in [-0.05, 0) is 62.6 Å². The first-order chi connectivity index (χ1) is 17.4. The largest absolute Gasteiger partial charge is 0.373 e. The summed E-state index contributed by atoms with van der Waals surface area (Å²) in [7, 11) is 0. The van der Waals surface area contributed by atoms with Crippen LogP contribution in [0.15, 0.2) is 47.4 Å². The Morgan fingerprint density at radius 1 is 1.14 bits per heavy atom. The molecule has 0 amide bonds. The molecule has 7 nitrogen and oxygen atoms in total. The molecule has 5 heterocycles. The van der Waals surface area contributed by atoms with E-state index in [1.54, 1.807) is 18.3 Å². The molecule has 4 aromatic rings. The third-order valence-corrected chi connectivity index (χ3v) is 7.23. The van der Waals surface area contributed by atoms with Gasteiger partial charge in [0.2, 0.25) is 0 Å². The average Bonchev–Trinajstić information content (AvgIpc) is 3.24. The summed E-state index contributed by atoms with van der Waals surface area (Å²) in [5.74, 6) is -0.308. The summed E-state index contributed by atoms with van der Waals surface area (Å²) in [6.07, 6.45) is 2.74. The fraction of sp³-hybridized carbons (Fsp3) is 0.333. The van der Waals surface area contributed by atoms with E-state index in [1.165, 1.54) is 10.5 Å². The number of hydrogen-bond acceptors (Lipinski definition) is 6. The quantitative estimate of drug-likeness (QED) is 0.366. The highest BCUT2D eigenvalue weighted by Crippen LogP contribution is 2.38. The second-order valence-electron chi connectivity index (χ2n) is 9.36. The van der Waals surface area contributed by atoms with Gasteiger partial charge in [-0.1, -0.05) is 11.6 Å². The zero-order valence-corrected chi connectivity index (χ0v) is 20.6. The molecule has 1 fully saturated rings. The van der Waals surface area contributed by atoms with E-state index in [0.717, 1.165) is 23.4 Å². The number of fused-ring (bicyclic) bond motifs is 2. The smallest absolute Gasteiger partial charge is 0.265 e. The Morgan fingerprint density at radius 2 is 2.00 bits per heavy atom. The van der Waals surface area contributed by atoms with Crippen LogP contribution in [-0.4, -0.2) is 26.0 Å². The van der Waals surface area contributed by atoms with Crippen LogP contribution in [0.25, 0.3) is 17.0 Å². The summed E-state index contributed by atoms with van der Waals surface area (Å²) in [5, 5.41) is 0.269. The maximum absolute atomic E-state index is 15.1. The zero-order chi connectivity index (χ0) is 25.0. The van der Waals surface area contributed by atoms with E-state index in [-0.39, 0.29) is 46.7 Å². The van der Waals surface area contributed by atoms with Crippen LogP contribution < -0.4 is 5.56 Å². The third-order valence-electron chi connectivity index (χ3n) is 6.99. The van der Waals surface area contributed by atoms with Crippen molar-refractivity contribution in [3.8, 4) is 11.4 Å². The number of nitrogens with zero attached hydrogens (tertiary/aromatic N) is 4. The van der Waals surface area contributed by atoms with Crippen molar-refractivity contribution in [2.75, 3.05) is 6.61 Å². The molecule has 1 saturated heterocycles. The summed E-state index contributed by atoms with van der Waals surface area (Å²) in [4.78, 5) is 27.5. The molecule has 0 spiro atoms. The van der Waals surface area contributed by atoms with E-state index in [9.17, 15) is 4.79 Å². The number of pyridine rings is 1. The highest BCUT2D eigenvalue weighted by atomic mass is 35.5. The van der Waals surface area contributed by atoms with Gasteiger partial charge in [-0.3, -0.25) is 9.78 Å². The van der Waals surface area contributed by atoms with Gasteiger partial charge in [0.05, 0.1) is 35.6 Å². The minimum Gasteiger partial charge on any atom is -0.373 e. The molecule has 1 aromatic carbocycles. The first-order valence-corrected chi connectivity index (χ1v) is 12.3. The van der Waals surface area contributed by atoms with Crippen molar-refractivity contribution in [1.82, 2.24) is 19.4 Å². The van der Waals surface area contributed by atoms with Crippen molar-refractivity contribution in [1.29, 1.82) is 0 Å². The molecule has 6 rings (SSSR count). The van der Waals surface area contributed by atoms with Gasteiger partial charge < -0.3 is 9.47 Å². The maximum atomic E-state index is 15.1. The van der Waals surface area contributed by atoms with Gasteiger partial charge in [0.15, 0.2) is 5.82 Å². The second-order valence-corrected chi connectivity index (χ2v) is 9.80. The van der Waals surface area contributed by atoms with Crippen molar-refractivity contribution in [3.05, 3.63) is 92.0 Å². The van der Waals surface area contributed by atoms with E-state index < -0.39 is 5.82 Å². The van der Waals surface area contributed by atoms with Crippen molar-refractivity contribution < 1.29 is 13.9 Å². The lowest BCUT2D eigenvalue weighted by Gasteiger charge is -2.30. The lowest BCUT2D eigenvalue weighted by atomic mass is 9.89. The zero-order valence-electron chi connectivity index (χ0n) is 19.9. The number of rotatable bonds is 3. The summed E-state index contributed by atoms with van der Waals surface area (Å²) in [6.45, 7) is 4.60. The van der Waals surface area contributed by atoms with Crippen LogP contribution >= 0.6 is 11.6 Å².